The van der Waals surface area contributed by atoms with Crippen molar-refractivity contribution < 1.29 is 10.0 Å². The maximum atomic E-state index is 11.5. The lowest BCUT2D eigenvalue weighted by atomic mass is 9.87. The van der Waals surface area contributed by atoms with Gasteiger partial charge in [0.1, 0.15) is 5.69 Å². The number of piperidine rings is 3. The van der Waals surface area contributed by atoms with Crippen LogP contribution in [0.2, 0.25) is 0 Å². The average Bonchev–Trinajstić information content (AvgIpc) is 2.73. The number of hydrazone groups is 1. The smallest absolute Gasteiger partial charge is 0.294 e. The van der Waals surface area contributed by atoms with Crippen LogP contribution in [-0.4, -0.2) is 84.5 Å². The number of hydrogen-bond donors (Lipinski definition) is 2. The molecule has 0 atom stereocenters. The molecule has 9 heteroatoms. The van der Waals surface area contributed by atoms with Crippen LogP contribution in [-0.2, 0) is 0 Å². The van der Waals surface area contributed by atoms with Crippen LogP contribution in [0.25, 0.3) is 0 Å². The van der Waals surface area contributed by atoms with Crippen molar-refractivity contribution in [3.8, 4) is 0 Å². The first-order valence-electron chi connectivity index (χ1n) is 10.1. The third kappa shape index (κ3) is 4.11. The van der Waals surface area contributed by atoms with Gasteiger partial charge in [-0.15, -0.1) is 0 Å². The van der Waals surface area contributed by atoms with Crippen molar-refractivity contribution in [2.45, 2.75) is 12.8 Å². The standard InChI is InChI=1S/C19H28N6O3/c26-12-11-22-7-9-24(10-8-22)16-1-2-19(25(27)28)17(13-16)20-21-18-14-23-5-3-15(18)4-6-23/h1-2,13,15,20,26H,3-12,14H2/b21-18-. The SMILES string of the molecule is O=[N+]([O-])c1ccc(N2CCN(CCO)CC2)cc1N/N=C1/CN2CCC1CC2. The van der Waals surface area contributed by atoms with E-state index in [-0.39, 0.29) is 17.2 Å². The second kappa shape index (κ2) is 8.42. The van der Waals surface area contributed by atoms with Crippen LogP contribution in [0.15, 0.2) is 23.3 Å². The molecule has 0 spiro atoms. The summed E-state index contributed by atoms with van der Waals surface area (Å²) in [6, 6.07) is 5.21. The summed E-state index contributed by atoms with van der Waals surface area (Å²) in [5.41, 5.74) is 5.58. The Bertz CT molecular complexity index is 739. The van der Waals surface area contributed by atoms with E-state index in [1.165, 1.54) is 0 Å². The Morgan fingerprint density at radius 1 is 1.18 bits per heavy atom. The first kappa shape index (κ1) is 19.1. The zero-order valence-electron chi connectivity index (χ0n) is 16.1. The van der Waals surface area contributed by atoms with E-state index in [1.807, 2.05) is 12.1 Å². The number of nitro benzene ring substituents is 1. The fourth-order valence-corrected chi connectivity index (χ4v) is 4.38. The predicted molar refractivity (Wildman–Crippen MR) is 109 cm³/mol. The molecule has 9 nitrogen and oxygen atoms in total. The van der Waals surface area contributed by atoms with Gasteiger partial charge in [0.15, 0.2) is 0 Å². The number of piperazine rings is 1. The summed E-state index contributed by atoms with van der Waals surface area (Å²) in [7, 11) is 0. The van der Waals surface area contributed by atoms with Gasteiger partial charge in [0.05, 0.1) is 17.2 Å². The number of anilines is 2. The molecule has 1 aromatic carbocycles. The van der Waals surface area contributed by atoms with Gasteiger partial charge in [-0.05, 0) is 38.1 Å². The normalized spacial score (nSPS) is 26.6. The van der Waals surface area contributed by atoms with Gasteiger partial charge in [-0.2, -0.15) is 5.10 Å². The lowest BCUT2D eigenvalue weighted by Gasteiger charge is -2.39. The van der Waals surface area contributed by atoms with Crippen LogP contribution in [0.4, 0.5) is 17.1 Å². The molecule has 4 aliphatic rings. The first-order chi connectivity index (χ1) is 13.6. The molecule has 0 radical (unpaired) electrons. The molecule has 0 amide bonds. The lowest BCUT2D eigenvalue weighted by Crippen LogP contribution is -2.48. The molecular formula is C19H28N6O3. The maximum absolute atomic E-state index is 11.5. The molecule has 4 saturated heterocycles. The van der Waals surface area contributed by atoms with Gasteiger partial charge in [0.25, 0.3) is 5.69 Å². The highest BCUT2D eigenvalue weighted by Gasteiger charge is 2.31. The van der Waals surface area contributed by atoms with Gasteiger partial charge in [0, 0.05) is 56.9 Å². The Kier molecular flexibility index (Phi) is 5.74. The minimum Gasteiger partial charge on any atom is -0.395 e. The van der Waals surface area contributed by atoms with Crippen molar-refractivity contribution >= 4 is 22.8 Å². The van der Waals surface area contributed by atoms with Gasteiger partial charge in [-0.1, -0.05) is 0 Å². The van der Waals surface area contributed by atoms with E-state index in [1.54, 1.807) is 6.07 Å². The van der Waals surface area contributed by atoms with E-state index in [4.69, 9.17) is 5.11 Å². The Hall–Kier alpha value is -2.23. The summed E-state index contributed by atoms with van der Waals surface area (Å²) < 4.78 is 0. The van der Waals surface area contributed by atoms with E-state index in [0.717, 1.165) is 70.1 Å². The van der Waals surface area contributed by atoms with Crippen LogP contribution in [0.3, 0.4) is 0 Å². The Morgan fingerprint density at radius 2 is 1.93 bits per heavy atom. The van der Waals surface area contributed by atoms with Crippen molar-refractivity contribution in [2.75, 3.05) is 69.3 Å². The molecule has 4 aliphatic heterocycles. The van der Waals surface area contributed by atoms with E-state index in [9.17, 15) is 10.1 Å². The fourth-order valence-electron chi connectivity index (χ4n) is 4.38. The van der Waals surface area contributed by atoms with E-state index in [2.05, 4.69) is 25.2 Å². The molecule has 0 saturated carbocycles. The molecule has 2 bridgehead atoms. The highest BCUT2D eigenvalue weighted by Crippen LogP contribution is 2.31. The number of nitro groups is 1. The predicted octanol–water partition coefficient (Wildman–Crippen LogP) is 1.20. The second-order valence-corrected chi connectivity index (χ2v) is 7.78. The fraction of sp³-hybridized carbons (Fsp3) is 0.632. The summed E-state index contributed by atoms with van der Waals surface area (Å²) in [5, 5.41) is 25.1. The van der Waals surface area contributed by atoms with Gasteiger partial charge in [-0.3, -0.25) is 25.3 Å². The minimum atomic E-state index is -0.359. The van der Waals surface area contributed by atoms with Crippen molar-refractivity contribution in [3.05, 3.63) is 28.3 Å². The van der Waals surface area contributed by atoms with Gasteiger partial charge >= 0.3 is 0 Å². The number of nitrogens with zero attached hydrogens (tertiary/aromatic N) is 5. The summed E-state index contributed by atoms with van der Waals surface area (Å²) in [6.45, 7) is 7.40. The van der Waals surface area contributed by atoms with Crippen molar-refractivity contribution in [1.29, 1.82) is 0 Å². The Balaban J connectivity index is 1.49. The van der Waals surface area contributed by atoms with Crippen molar-refractivity contribution in [3.63, 3.8) is 0 Å². The highest BCUT2D eigenvalue weighted by atomic mass is 16.6. The first-order valence-corrected chi connectivity index (χ1v) is 10.1. The van der Waals surface area contributed by atoms with Crippen LogP contribution < -0.4 is 10.3 Å². The molecular weight excluding hydrogens is 360 g/mol. The summed E-state index contributed by atoms with van der Waals surface area (Å²) in [6.07, 6.45) is 2.25. The molecule has 0 unspecified atom stereocenters. The maximum Gasteiger partial charge on any atom is 0.294 e. The molecule has 28 heavy (non-hydrogen) atoms. The average molecular weight is 388 g/mol. The number of benzene rings is 1. The number of fused-ring (bicyclic) bond motifs is 3. The monoisotopic (exact) mass is 388 g/mol. The molecule has 1 aromatic rings. The molecule has 152 valence electrons. The van der Waals surface area contributed by atoms with E-state index in [0.29, 0.717) is 18.2 Å². The number of rotatable bonds is 6. The largest absolute Gasteiger partial charge is 0.395 e. The number of nitrogens with one attached hydrogen (secondary N) is 1. The summed E-state index contributed by atoms with van der Waals surface area (Å²) >= 11 is 0. The van der Waals surface area contributed by atoms with E-state index < -0.39 is 0 Å². The zero-order chi connectivity index (χ0) is 19.5. The van der Waals surface area contributed by atoms with Gasteiger partial charge < -0.3 is 10.0 Å². The topological polar surface area (TPSA) is 97.5 Å². The minimum absolute atomic E-state index is 0.0493. The van der Waals surface area contributed by atoms with Gasteiger partial charge in [0.2, 0.25) is 0 Å². The lowest BCUT2D eigenvalue weighted by molar-refractivity contribution is -0.383. The molecule has 4 heterocycles. The van der Waals surface area contributed by atoms with Crippen molar-refractivity contribution in [2.24, 2.45) is 11.0 Å². The van der Waals surface area contributed by atoms with Crippen LogP contribution in [0.1, 0.15) is 12.8 Å². The van der Waals surface area contributed by atoms with Gasteiger partial charge in [-0.25, -0.2) is 0 Å². The third-order valence-corrected chi connectivity index (χ3v) is 6.09. The molecule has 2 N–H and O–H groups in total. The Morgan fingerprint density at radius 3 is 2.54 bits per heavy atom. The molecule has 0 aliphatic carbocycles. The van der Waals surface area contributed by atoms with Crippen LogP contribution in [0, 0.1) is 16.0 Å². The molecule has 0 aromatic heterocycles. The van der Waals surface area contributed by atoms with E-state index >= 15 is 0 Å². The molecule has 4 fully saturated rings. The number of hydrogen-bond acceptors (Lipinski definition) is 8. The molecule has 5 rings (SSSR count). The quantitative estimate of drug-likeness (QED) is 0.558. The zero-order valence-corrected chi connectivity index (χ0v) is 16.1. The highest BCUT2D eigenvalue weighted by molar-refractivity contribution is 5.90. The summed E-state index contributed by atoms with van der Waals surface area (Å²) in [5.74, 6) is 0.499. The van der Waals surface area contributed by atoms with Crippen molar-refractivity contribution in [1.82, 2.24) is 9.80 Å². The number of aliphatic hydroxyl groups excluding tert-OH is 1. The van der Waals surface area contributed by atoms with Crippen LogP contribution in [0.5, 0.6) is 0 Å². The number of β-amino-alcohol motifs (C(OH)–C–C–N with tert-alkyl or cyclic N) is 1. The third-order valence-electron chi connectivity index (χ3n) is 6.09. The van der Waals surface area contributed by atoms with Crippen LogP contribution >= 0.6 is 0 Å². The number of aliphatic hydroxyl groups is 1. The Labute approximate surface area is 164 Å². The summed E-state index contributed by atoms with van der Waals surface area (Å²) in [4.78, 5) is 17.9. The second-order valence-electron chi connectivity index (χ2n) is 7.78.